The van der Waals surface area contributed by atoms with Crippen molar-refractivity contribution in [3.63, 3.8) is 0 Å². The Labute approximate surface area is 198 Å². The Bertz CT molecular complexity index is 1400. The van der Waals surface area contributed by atoms with E-state index in [1.54, 1.807) is 12.1 Å². The fourth-order valence-corrected chi connectivity index (χ4v) is 4.92. The molecule has 170 valence electrons. The highest BCUT2D eigenvalue weighted by molar-refractivity contribution is 7.21. The molecule has 34 heavy (non-hydrogen) atoms. The lowest BCUT2D eigenvalue weighted by Crippen LogP contribution is -2.42. The standard InChI is InChI=1S/C25H19FN4O3S/c1-25(15-10-12-16(26)13-11-15)23(32)30(24(33)29-25)14-21(31)27-18-7-3-2-6-17(18)22-28-19-8-4-5-9-20(19)34-22/h2-13H,14H2,1H3,(H,27,31)(H,29,33). The minimum atomic E-state index is -1.38. The number of benzene rings is 3. The van der Waals surface area contributed by atoms with Crippen LogP contribution in [-0.2, 0) is 15.1 Å². The lowest BCUT2D eigenvalue weighted by atomic mass is 9.92. The number of amides is 4. The zero-order chi connectivity index (χ0) is 23.9. The minimum absolute atomic E-state index is 0.427. The van der Waals surface area contributed by atoms with Crippen LogP contribution >= 0.6 is 11.3 Å². The molecule has 0 aliphatic carbocycles. The Morgan fingerprint density at radius 3 is 2.53 bits per heavy atom. The molecule has 9 heteroatoms. The van der Waals surface area contributed by atoms with Gasteiger partial charge in [-0.25, -0.2) is 14.2 Å². The number of imide groups is 1. The van der Waals surface area contributed by atoms with Gasteiger partial charge in [-0.1, -0.05) is 36.4 Å². The number of anilines is 1. The van der Waals surface area contributed by atoms with E-state index in [1.807, 2.05) is 36.4 Å². The molecule has 5 rings (SSSR count). The molecule has 0 spiro atoms. The molecular weight excluding hydrogens is 455 g/mol. The molecule has 2 N–H and O–H groups in total. The summed E-state index contributed by atoms with van der Waals surface area (Å²) in [4.78, 5) is 44.0. The van der Waals surface area contributed by atoms with Gasteiger partial charge < -0.3 is 10.6 Å². The molecule has 3 aromatic carbocycles. The second-order valence-electron chi connectivity index (χ2n) is 8.03. The van der Waals surface area contributed by atoms with Crippen LogP contribution in [-0.4, -0.2) is 34.3 Å². The first-order valence-electron chi connectivity index (χ1n) is 10.5. The number of nitrogens with zero attached hydrogens (tertiary/aromatic N) is 2. The van der Waals surface area contributed by atoms with E-state index < -0.39 is 35.7 Å². The quantitative estimate of drug-likeness (QED) is 0.417. The smallest absolute Gasteiger partial charge is 0.324 e. The van der Waals surface area contributed by atoms with Gasteiger partial charge in [-0.2, -0.15) is 0 Å². The molecule has 2 heterocycles. The summed E-state index contributed by atoms with van der Waals surface area (Å²) in [7, 11) is 0. The van der Waals surface area contributed by atoms with E-state index >= 15 is 0 Å². The van der Waals surface area contributed by atoms with Crippen molar-refractivity contribution < 1.29 is 18.8 Å². The maximum atomic E-state index is 13.3. The van der Waals surface area contributed by atoms with Crippen LogP contribution in [0.2, 0.25) is 0 Å². The van der Waals surface area contributed by atoms with Crippen molar-refractivity contribution in [1.29, 1.82) is 0 Å². The lowest BCUT2D eigenvalue weighted by Gasteiger charge is -2.22. The first-order chi connectivity index (χ1) is 16.3. The van der Waals surface area contributed by atoms with Gasteiger partial charge in [0.1, 0.15) is 22.9 Å². The molecule has 1 aromatic heterocycles. The third kappa shape index (κ3) is 3.80. The first kappa shape index (κ1) is 21.7. The topological polar surface area (TPSA) is 91.4 Å². The van der Waals surface area contributed by atoms with Crippen LogP contribution in [0.15, 0.2) is 72.8 Å². The summed E-state index contributed by atoms with van der Waals surface area (Å²) < 4.78 is 14.3. The predicted octanol–water partition coefficient (Wildman–Crippen LogP) is 4.51. The van der Waals surface area contributed by atoms with Gasteiger partial charge in [0, 0.05) is 5.56 Å². The summed E-state index contributed by atoms with van der Waals surface area (Å²) in [5.74, 6) is -1.56. The summed E-state index contributed by atoms with van der Waals surface area (Å²) in [5.41, 5.74) is 1.17. The molecular formula is C25H19FN4O3S. The number of para-hydroxylation sites is 2. The van der Waals surface area contributed by atoms with E-state index in [4.69, 9.17) is 0 Å². The van der Waals surface area contributed by atoms with Crippen LogP contribution in [0.3, 0.4) is 0 Å². The number of thiazole rings is 1. The molecule has 1 saturated heterocycles. The van der Waals surface area contributed by atoms with Gasteiger partial charge in [0.25, 0.3) is 5.91 Å². The normalized spacial score (nSPS) is 17.8. The number of nitrogens with one attached hydrogen (secondary N) is 2. The van der Waals surface area contributed by atoms with Gasteiger partial charge in [0.15, 0.2) is 0 Å². The van der Waals surface area contributed by atoms with Gasteiger partial charge in [0.2, 0.25) is 5.91 Å². The average molecular weight is 475 g/mol. The molecule has 4 amide bonds. The molecule has 1 aliphatic heterocycles. The molecule has 1 fully saturated rings. The van der Waals surface area contributed by atoms with Crippen LogP contribution in [0, 0.1) is 5.82 Å². The zero-order valence-corrected chi connectivity index (χ0v) is 18.9. The second-order valence-corrected chi connectivity index (χ2v) is 9.06. The lowest BCUT2D eigenvalue weighted by molar-refractivity contribution is -0.133. The highest BCUT2D eigenvalue weighted by atomic mass is 32.1. The second kappa shape index (κ2) is 8.35. The third-order valence-electron chi connectivity index (χ3n) is 5.72. The fourth-order valence-electron chi connectivity index (χ4n) is 3.92. The van der Waals surface area contributed by atoms with Crippen molar-refractivity contribution in [2.75, 3.05) is 11.9 Å². The third-order valence-corrected chi connectivity index (χ3v) is 6.79. The molecule has 1 aliphatic rings. The van der Waals surface area contributed by atoms with Crippen molar-refractivity contribution in [3.8, 4) is 10.6 Å². The number of fused-ring (bicyclic) bond motifs is 1. The van der Waals surface area contributed by atoms with Crippen LogP contribution in [0.25, 0.3) is 20.8 Å². The average Bonchev–Trinajstić information content (AvgIpc) is 3.35. The summed E-state index contributed by atoms with van der Waals surface area (Å²) in [6.45, 7) is 1.07. The number of hydrogen-bond acceptors (Lipinski definition) is 5. The Balaban J connectivity index is 1.35. The molecule has 1 atom stereocenters. The van der Waals surface area contributed by atoms with Gasteiger partial charge >= 0.3 is 6.03 Å². The van der Waals surface area contributed by atoms with E-state index in [-0.39, 0.29) is 0 Å². The number of urea groups is 1. The Kier molecular flexibility index (Phi) is 5.33. The summed E-state index contributed by atoms with van der Waals surface area (Å²) >= 11 is 1.51. The van der Waals surface area contributed by atoms with Crippen molar-refractivity contribution in [2.45, 2.75) is 12.5 Å². The highest BCUT2D eigenvalue weighted by Crippen LogP contribution is 2.34. The van der Waals surface area contributed by atoms with E-state index in [1.165, 1.54) is 42.5 Å². The number of rotatable bonds is 5. The first-order valence-corrected chi connectivity index (χ1v) is 11.3. The number of halogens is 1. The van der Waals surface area contributed by atoms with Crippen LogP contribution in [0.1, 0.15) is 12.5 Å². The zero-order valence-electron chi connectivity index (χ0n) is 18.0. The highest BCUT2D eigenvalue weighted by Gasteiger charge is 2.49. The summed E-state index contributed by atoms with van der Waals surface area (Å²) in [6, 6.07) is 19.6. The Morgan fingerprint density at radius 1 is 1.06 bits per heavy atom. The summed E-state index contributed by atoms with van der Waals surface area (Å²) in [5, 5.41) is 6.16. The number of carbonyl (C=O) groups is 3. The molecule has 0 bridgehead atoms. The van der Waals surface area contributed by atoms with Gasteiger partial charge in [-0.3, -0.25) is 14.5 Å². The maximum Gasteiger partial charge on any atom is 0.325 e. The molecule has 7 nitrogen and oxygen atoms in total. The van der Waals surface area contributed by atoms with Crippen molar-refractivity contribution in [1.82, 2.24) is 15.2 Å². The van der Waals surface area contributed by atoms with E-state index in [0.717, 1.165) is 25.7 Å². The SMILES string of the molecule is CC1(c2ccc(F)cc2)NC(=O)N(CC(=O)Nc2ccccc2-c2nc3ccccc3s2)C1=O. The Morgan fingerprint density at radius 2 is 1.76 bits per heavy atom. The van der Waals surface area contributed by atoms with E-state index in [2.05, 4.69) is 15.6 Å². The molecule has 0 saturated carbocycles. The predicted molar refractivity (Wildman–Crippen MR) is 128 cm³/mol. The minimum Gasteiger partial charge on any atom is -0.324 e. The molecule has 1 unspecified atom stereocenters. The fraction of sp³-hybridized carbons (Fsp3) is 0.120. The number of carbonyl (C=O) groups excluding carboxylic acids is 3. The number of hydrogen-bond donors (Lipinski definition) is 2. The van der Waals surface area contributed by atoms with Crippen LogP contribution in [0.4, 0.5) is 14.9 Å². The largest absolute Gasteiger partial charge is 0.325 e. The monoisotopic (exact) mass is 474 g/mol. The summed E-state index contributed by atoms with van der Waals surface area (Å²) in [6.07, 6.45) is 0. The van der Waals surface area contributed by atoms with Gasteiger partial charge in [-0.15, -0.1) is 11.3 Å². The number of aromatic nitrogens is 1. The van der Waals surface area contributed by atoms with Gasteiger partial charge in [-0.05, 0) is 48.9 Å². The van der Waals surface area contributed by atoms with Crippen molar-refractivity contribution in [2.24, 2.45) is 0 Å². The van der Waals surface area contributed by atoms with Crippen molar-refractivity contribution in [3.05, 3.63) is 84.2 Å². The van der Waals surface area contributed by atoms with Crippen molar-refractivity contribution >= 4 is 45.1 Å². The van der Waals surface area contributed by atoms with Crippen LogP contribution < -0.4 is 10.6 Å². The maximum absolute atomic E-state index is 13.3. The molecule has 4 aromatic rings. The van der Waals surface area contributed by atoms with E-state index in [0.29, 0.717) is 11.3 Å². The van der Waals surface area contributed by atoms with Gasteiger partial charge in [0.05, 0.1) is 15.9 Å². The Hall–Kier alpha value is -4.11. The molecule has 0 radical (unpaired) electrons. The van der Waals surface area contributed by atoms with E-state index in [9.17, 15) is 18.8 Å². The van der Waals surface area contributed by atoms with Crippen LogP contribution in [0.5, 0.6) is 0 Å².